The molecule has 1 N–H and O–H groups in total. The molecular formula is C22H27NO5S. The second-order valence-corrected chi connectivity index (χ2v) is 8.65. The van der Waals surface area contributed by atoms with Gasteiger partial charge < -0.3 is 14.8 Å². The lowest BCUT2D eigenvalue weighted by molar-refractivity contribution is -0.151. The number of allylic oxidation sites excluding steroid dienone is 3. The summed E-state index contributed by atoms with van der Waals surface area (Å²) in [6.45, 7) is 7.49. The Hall–Kier alpha value is -2.41. The van der Waals surface area contributed by atoms with Gasteiger partial charge in [-0.3, -0.25) is 9.59 Å². The van der Waals surface area contributed by atoms with E-state index >= 15 is 0 Å². The average Bonchev–Trinajstić information content (AvgIpc) is 3.20. The van der Waals surface area contributed by atoms with Crippen molar-refractivity contribution in [2.75, 3.05) is 7.11 Å². The number of ketones is 1. The number of methoxy groups -OCH3 is 1. The van der Waals surface area contributed by atoms with Crippen LogP contribution >= 0.6 is 11.3 Å². The summed E-state index contributed by atoms with van der Waals surface area (Å²) in [4.78, 5) is 39.7. The lowest BCUT2D eigenvalue weighted by Gasteiger charge is -2.38. The van der Waals surface area contributed by atoms with Crippen LogP contribution in [-0.2, 0) is 23.9 Å². The van der Waals surface area contributed by atoms with Crippen molar-refractivity contribution in [3.8, 4) is 0 Å². The first-order chi connectivity index (χ1) is 13.8. The van der Waals surface area contributed by atoms with Gasteiger partial charge in [0.1, 0.15) is 5.92 Å². The third kappa shape index (κ3) is 3.88. The van der Waals surface area contributed by atoms with E-state index in [4.69, 9.17) is 9.47 Å². The van der Waals surface area contributed by atoms with E-state index in [1.54, 1.807) is 0 Å². The molecule has 1 aromatic rings. The molecule has 0 unspecified atom stereocenters. The van der Waals surface area contributed by atoms with Gasteiger partial charge in [-0.15, -0.1) is 11.3 Å². The first-order valence-electron chi connectivity index (χ1n) is 9.87. The number of hydrogen-bond acceptors (Lipinski definition) is 7. The van der Waals surface area contributed by atoms with Crippen LogP contribution in [0.5, 0.6) is 0 Å². The Morgan fingerprint density at radius 3 is 2.69 bits per heavy atom. The maximum atomic E-state index is 13.5. The number of carbonyl (C=O) groups is 3. The van der Waals surface area contributed by atoms with E-state index < -0.39 is 23.8 Å². The molecule has 0 saturated heterocycles. The summed E-state index contributed by atoms with van der Waals surface area (Å²) in [6, 6.07) is 3.80. The lowest BCUT2D eigenvalue weighted by Crippen LogP contribution is -2.43. The molecule has 0 bridgehead atoms. The van der Waals surface area contributed by atoms with Crippen molar-refractivity contribution in [1.82, 2.24) is 5.32 Å². The third-order valence-corrected chi connectivity index (χ3v) is 6.61. The van der Waals surface area contributed by atoms with Crippen LogP contribution in [0, 0.1) is 11.8 Å². The van der Waals surface area contributed by atoms with Crippen LogP contribution in [0.25, 0.3) is 0 Å². The summed E-state index contributed by atoms with van der Waals surface area (Å²) < 4.78 is 10.5. The Bertz CT molecular complexity index is 883. The average molecular weight is 418 g/mol. The first-order valence-corrected chi connectivity index (χ1v) is 10.7. The van der Waals surface area contributed by atoms with E-state index in [-0.39, 0.29) is 17.8 Å². The minimum Gasteiger partial charge on any atom is -0.468 e. The minimum atomic E-state index is -0.867. The molecule has 0 aromatic carbocycles. The summed E-state index contributed by atoms with van der Waals surface area (Å²) in [5.41, 5.74) is 2.37. The molecule has 3 rings (SSSR count). The van der Waals surface area contributed by atoms with E-state index in [1.807, 2.05) is 45.2 Å². The number of rotatable bonds is 5. The fourth-order valence-electron chi connectivity index (χ4n) is 4.02. The standard InChI is InChI=1S/C22H27NO5S/c1-6-12(3)28-22(26)17-13(4)23-14-10-11(2)16(21(25)27-5)20(24)18(14)19(17)15-8-7-9-29-15/h7-9,11-12,16,19,23H,6,10H2,1-5H3/t11-,12+,16-,19-/m0/s1. The molecule has 0 radical (unpaired) electrons. The molecule has 2 aliphatic rings. The van der Waals surface area contributed by atoms with Crippen molar-refractivity contribution in [2.45, 2.75) is 52.6 Å². The number of esters is 2. The summed E-state index contributed by atoms with van der Waals surface area (Å²) in [7, 11) is 1.29. The van der Waals surface area contributed by atoms with Crippen molar-refractivity contribution >= 4 is 29.1 Å². The molecule has 2 heterocycles. The number of ether oxygens (including phenoxy) is 2. The highest BCUT2D eigenvalue weighted by molar-refractivity contribution is 7.10. The molecule has 7 heteroatoms. The van der Waals surface area contributed by atoms with Crippen molar-refractivity contribution in [2.24, 2.45) is 11.8 Å². The van der Waals surface area contributed by atoms with E-state index in [9.17, 15) is 14.4 Å². The van der Waals surface area contributed by atoms with Crippen molar-refractivity contribution in [3.05, 3.63) is 44.9 Å². The fourth-order valence-corrected chi connectivity index (χ4v) is 4.86. The van der Waals surface area contributed by atoms with Crippen molar-refractivity contribution < 1.29 is 23.9 Å². The molecule has 6 nitrogen and oxygen atoms in total. The van der Waals surface area contributed by atoms with Crippen LogP contribution in [0.3, 0.4) is 0 Å². The number of dihydropyridines is 1. The number of carbonyl (C=O) groups excluding carboxylic acids is 3. The molecule has 1 aromatic heterocycles. The Balaban J connectivity index is 2.10. The van der Waals surface area contributed by atoms with Gasteiger partial charge in [-0.1, -0.05) is 19.9 Å². The zero-order chi connectivity index (χ0) is 21.3. The summed E-state index contributed by atoms with van der Waals surface area (Å²) in [6.07, 6.45) is 1.00. The Morgan fingerprint density at radius 2 is 2.10 bits per heavy atom. The molecule has 0 fully saturated rings. The highest BCUT2D eigenvalue weighted by Gasteiger charge is 2.47. The quantitative estimate of drug-likeness (QED) is 0.581. The monoisotopic (exact) mass is 417 g/mol. The van der Waals surface area contributed by atoms with Crippen LogP contribution in [0.2, 0.25) is 0 Å². The normalized spacial score (nSPS) is 25.3. The topological polar surface area (TPSA) is 81.7 Å². The predicted octanol–water partition coefficient (Wildman–Crippen LogP) is 3.70. The zero-order valence-corrected chi connectivity index (χ0v) is 18.2. The van der Waals surface area contributed by atoms with E-state index in [0.717, 1.165) is 10.6 Å². The Morgan fingerprint density at radius 1 is 1.38 bits per heavy atom. The number of nitrogens with one attached hydrogen (secondary N) is 1. The van der Waals surface area contributed by atoms with E-state index in [1.165, 1.54) is 18.4 Å². The second-order valence-electron chi connectivity index (χ2n) is 7.67. The van der Waals surface area contributed by atoms with Gasteiger partial charge in [-0.25, -0.2) is 4.79 Å². The molecule has 0 spiro atoms. The van der Waals surface area contributed by atoms with Crippen LogP contribution in [0.15, 0.2) is 40.1 Å². The molecule has 4 atom stereocenters. The third-order valence-electron chi connectivity index (χ3n) is 5.67. The largest absolute Gasteiger partial charge is 0.468 e. The maximum absolute atomic E-state index is 13.5. The molecular weight excluding hydrogens is 390 g/mol. The van der Waals surface area contributed by atoms with Gasteiger partial charge in [-0.2, -0.15) is 0 Å². The van der Waals surface area contributed by atoms with Gasteiger partial charge in [0.25, 0.3) is 0 Å². The van der Waals surface area contributed by atoms with Crippen LogP contribution < -0.4 is 5.32 Å². The highest BCUT2D eigenvalue weighted by atomic mass is 32.1. The van der Waals surface area contributed by atoms with E-state index in [2.05, 4.69) is 5.32 Å². The summed E-state index contributed by atoms with van der Waals surface area (Å²) in [5.74, 6) is -2.85. The zero-order valence-electron chi connectivity index (χ0n) is 17.4. The predicted molar refractivity (Wildman–Crippen MR) is 110 cm³/mol. The molecule has 29 heavy (non-hydrogen) atoms. The Kier molecular flexibility index (Phi) is 6.27. The van der Waals surface area contributed by atoms with Gasteiger partial charge in [0.15, 0.2) is 5.78 Å². The van der Waals surface area contributed by atoms with Crippen LogP contribution in [0.4, 0.5) is 0 Å². The van der Waals surface area contributed by atoms with Crippen LogP contribution in [-0.4, -0.2) is 30.9 Å². The fraction of sp³-hybridized carbons (Fsp3) is 0.500. The highest BCUT2D eigenvalue weighted by Crippen LogP contribution is 2.46. The maximum Gasteiger partial charge on any atom is 0.337 e. The van der Waals surface area contributed by atoms with Crippen molar-refractivity contribution in [3.63, 3.8) is 0 Å². The molecule has 1 aliphatic carbocycles. The first kappa shape index (κ1) is 21.3. The number of hydrogen-bond donors (Lipinski definition) is 1. The van der Waals surface area contributed by atoms with Gasteiger partial charge >= 0.3 is 11.9 Å². The van der Waals surface area contributed by atoms with E-state index in [0.29, 0.717) is 29.7 Å². The smallest absolute Gasteiger partial charge is 0.337 e. The number of thiophene rings is 1. The van der Waals surface area contributed by atoms with Crippen molar-refractivity contribution in [1.29, 1.82) is 0 Å². The van der Waals surface area contributed by atoms with Gasteiger partial charge in [0.2, 0.25) is 0 Å². The summed E-state index contributed by atoms with van der Waals surface area (Å²) in [5, 5.41) is 5.18. The van der Waals surface area contributed by atoms with Gasteiger partial charge in [0.05, 0.1) is 24.7 Å². The second kappa shape index (κ2) is 8.53. The Labute approximate surface area is 175 Å². The molecule has 1 aliphatic heterocycles. The van der Waals surface area contributed by atoms with Crippen LogP contribution in [0.1, 0.15) is 51.3 Å². The summed E-state index contributed by atoms with van der Waals surface area (Å²) >= 11 is 1.48. The van der Waals surface area contributed by atoms with Gasteiger partial charge in [-0.05, 0) is 44.1 Å². The lowest BCUT2D eigenvalue weighted by atomic mass is 9.70. The minimum absolute atomic E-state index is 0.188. The molecule has 0 saturated carbocycles. The SMILES string of the molecule is CC[C@@H](C)OC(=O)C1=C(C)NC2=C(C(=O)[C@@H](C(=O)OC)[C@@H](C)C2)[C@H]1c1cccs1. The molecule has 156 valence electrons. The molecule has 0 amide bonds. The number of Topliss-reactive ketones (excluding diaryl/α,β-unsaturated/α-hetero) is 1. The van der Waals surface area contributed by atoms with Gasteiger partial charge in [0, 0.05) is 21.8 Å².